The van der Waals surface area contributed by atoms with E-state index in [1.54, 1.807) is 30.3 Å². The molecule has 5 nitrogen and oxygen atoms in total. The summed E-state index contributed by atoms with van der Waals surface area (Å²) < 4.78 is 42.4. The van der Waals surface area contributed by atoms with Crippen LogP contribution in [0.3, 0.4) is 0 Å². The molecule has 0 atom stereocenters. The van der Waals surface area contributed by atoms with Crippen LogP contribution in [0.4, 0.5) is 15.8 Å². The summed E-state index contributed by atoms with van der Waals surface area (Å²) in [5.74, 6) is -1.28. The average molecular weight is 505 g/mol. The Morgan fingerprint density at radius 3 is 2.26 bits per heavy atom. The van der Waals surface area contributed by atoms with Crippen molar-refractivity contribution < 1.29 is 17.6 Å². The van der Waals surface area contributed by atoms with E-state index in [1.807, 2.05) is 26.0 Å². The molecule has 0 unspecified atom stereocenters. The van der Waals surface area contributed by atoms with Crippen molar-refractivity contribution in [3.8, 4) is 0 Å². The van der Waals surface area contributed by atoms with Crippen LogP contribution in [-0.2, 0) is 21.2 Å². The van der Waals surface area contributed by atoms with Gasteiger partial charge in [-0.1, -0.05) is 52.7 Å². The molecule has 3 aromatic carbocycles. The minimum Gasteiger partial charge on any atom is -0.322 e. The highest BCUT2D eigenvalue weighted by Crippen LogP contribution is 2.25. The Hall–Kier alpha value is -2.71. The molecule has 0 aromatic heterocycles. The molecular formula is C23H22BrFN2O3S. The lowest BCUT2D eigenvalue weighted by atomic mass is 10.1. The molecule has 0 bridgehead atoms. The largest absolute Gasteiger partial charge is 0.322 e. The molecule has 0 heterocycles. The third-order valence-corrected chi connectivity index (χ3v) is 7.02. The molecule has 0 saturated carbocycles. The van der Waals surface area contributed by atoms with Crippen molar-refractivity contribution in [1.82, 2.24) is 0 Å². The highest BCUT2D eigenvalue weighted by Gasteiger charge is 2.27. The van der Waals surface area contributed by atoms with Crippen LogP contribution < -0.4 is 9.62 Å². The number of nitrogens with one attached hydrogen (secondary N) is 1. The summed E-state index contributed by atoms with van der Waals surface area (Å²) in [5.41, 5.74) is 2.28. The zero-order valence-corrected chi connectivity index (χ0v) is 19.5. The normalized spacial score (nSPS) is 11.2. The first-order valence-corrected chi connectivity index (χ1v) is 11.9. The van der Waals surface area contributed by atoms with Gasteiger partial charge < -0.3 is 5.32 Å². The maximum Gasteiger partial charge on any atom is 0.264 e. The Balaban J connectivity index is 1.94. The minimum atomic E-state index is -4.02. The van der Waals surface area contributed by atoms with Crippen molar-refractivity contribution in [2.24, 2.45) is 0 Å². The molecule has 0 radical (unpaired) electrons. The predicted molar refractivity (Wildman–Crippen MR) is 124 cm³/mol. The van der Waals surface area contributed by atoms with Crippen LogP contribution >= 0.6 is 15.9 Å². The number of halogens is 2. The molecule has 0 aliphatic carbocycles. The lowest BCUT2D eigenvalue weighted by molar-refractivity contribution is -0.114. The number of aryl methyl sites for hydroxylation is 2. The van der Waals surface area contributed by atoms with Crippen LogP contribution in [0.25, 0.3) is 0 Å². The van der Waals surface area contributed by atoms with Gasteiger partial charge in [-0.15, -0.1) is 0 Å². The van der Waals surface area contributed by atoms with Crippen molar-refractivity contribution in [2.45, 2.75) is 25.2 Å². The summed E-state index contributed by atoms with van der Waals surface area (Å²) in [5, 5.41) is 2.45. The zero-order chi connectivity index (χ0) is 22.6. The number of rotatable bonds is 7. The van der Waals surface area contributed by atoms with Crippen LogP contribution in [0.1, 0.15) is 18.1 Å². The van der Waals surface area contributed by atoms with E-state index in [4.69, 9.17) is 0 Å². The number of anilines is 2. The van der Waals surface area contributed by atoms with E-state index in [0.29, 0.717) is 10.2 Å². The first-order chi connectivity index (χ1) is 14.7. The molecular weight excluding hydrogens is 483 g/mol. The van der Waals surface area contributed by atoms with E-state index >= 15 is 0 Å². The van der Waals surface area contributed by atoms with Gasteiger partial charge in [0, 0.05) is 4.47 Å². The first-order valence-electron chi connectivity index (χ1n) is 9.64. The molecule has 3 aromatic rings. The Morgan fingerprint density at radius 2 is 1.68 bits per heavy atom. The van der Waals surface area contributed by atoms with Gasteiger partial charge in [0.1, 0.15) is 12.4 Å². The summed E-state index contributed by atoms with van der Waals surface area (Å²) in [6.45, 7) is 3.35. The van der Waals surface area contributed by atoms with Gasteiger partial charge in [0.15, 0.2) is 0 Å². The second-order valence-electron chi connectivity index (χ2n) is 7.02. The maximum absolute atomic E-state index is 14.1. The fraction of sp³-hybridized carbons (Fsp3) is 0.174. The second kappa shape index (κ2) is 9.62. The number of hydrogen-bond acceptors (Lipinski definition) is 3. The van der Waals surface area contributed by atoms with E-state index in [2.05, 4.69) is 21.2 Å². The summed E-state index contributed by atoms with van der Waals surface area (Å²) in [4.78, 5) is 12.8. The molecule has 0 saturated heterocycles. The highest BCUT2D eigenvalue weighted by molar-refractivity contribution is 9.10. The van der Waals surface area contributed by atoms with Crippen molar-refractivity contribution >= 4 is 43.2 Å². The number of carbonyl (C=O) groups is 1. The summed E-state index contributed by atoms with van der Waals surface area (Å²) in [6, 6.07) is 17.6. The molecule has 31 heavy (non-hydrogen) atoms. The Kier molecular flexibility index (Phi) is 7.12. The maximum atomic E-state index is 14.1. The molecule has 1 amide bonds. The smallest absolute Gasteiger partial charge is 0.264 e. The van der Waals surface area contributed by atoms with Crippen molar-refractivity contribution in [3.63, 3.8) is 0 Å². The Bertz CT molecular complexity index is 1180. The zero-order valence-electron chi connectivity index (χ0n) is 17.1. The number of nitrogens with zero attached hydrogens (tertiary/aromatic N) is 1. The van der Waals surface area contributed by atoms with E-state index in [-0.39, 0.29) is 10.6 Å². The van der Waals surface area contributed by atoms with Gasteiger partial charge in [-0.05, 0) is 61.4 Å². The fourth-order valence-electron chi connectivity index (χ4n) is 2.96. The molecule has 162 valence electrons. The number of benzene rings is 3. The van der Waals surface area contributed by atoms with Crippen LogP contribution in [0.15, 0.2) is 76.1 Å². The predicted octanol–water partition coefficient (Wildman–Crippen LogP) is 5.29. The van der Waals surface area contributed by atoms with Crippen molar-refractivity contribution in [3.05, 3.63) is 88.1 Å². The topological polar surface area (TPSA) is 66.5 Å². The first kappa shape index (κ1) is 23.0. The van der Waals surface area contributed by atoms with Gasteiger partial charge in [-0.2, -0.15) is 0 Å². The fourth-order valence-corrected chi connectivity index (χ4v) is 4.72. The molecule has 0 aliphatic rings. The van der Waals surface area contributed by atoms with Crippen LogP contribution in [0.2, 0.25) is 0 Å². The van der Waals surface area contributed by atoms with E-state index < -0.39 is 28.3 Å². The molecule has 0 fully saturated rings. The van der Waals surface area contributed by atoms with E-state index in [1.165, 1.54) is 24.3 Å². The second-order valence-corrected chi connectivity index (χ2v) is 9.80. The standard InChI is InChI=1S/C23H22BrFN2O3S/c1-3-17-6-9-19(10-7-17)27(31(29,30)20-11-4-16(2)5-12-20)15-23(28)26-22-13-8-18(24)14-21(22)25/h4-14H,3,15H2,1-2H3,(H,26,28). The Morgan fingerprint density at radius 1 is 1.03 bits per heavy atom. The number of carbonyl (C=O) groups excluding carboxylic acids is 1. The van der Waals surface area contributed by atoms with Gasteiger partial charge in [-0.3, -0.25) is 9.10 Å². The summed E-state index contributed by atoms with van der Waals surface area (Å²) in [7, 11) is -4.02. The number of hydrogen-bond donors (Lipinski definition) is 1. The van der Waals surface area contributed by atoms with Crippen molar-refractivity contribution in [2.75, 3.05) is 16.2 Å². The van der Waals surface area contributed by atoms with E-state index in [0.717, 1.165) is 21.9 Å². The highest BCUT2D eigenvalue weighted by atomic mass is 79.9. The van der Waals surface area contributed by atoms with Gasteiger partial charge in [0.25, 0.3) is 10.0 Å². The SMILES string of the molecule is CCc1ccc(N(CC(=O)Nc2ccc(Br)cc2F)S(=O)(=O)c2ccc(C)cc2)cc1. The molecule has 0 aliphatic heterocycles. The monoisotopic (exact) mass is 504 g/mol. The number of amides is 1. The van der Waals surface area contributed by atoms with Gasteiger partial charge in [0.2, 0.25) is 5.91 Å². The average Bonchev–Trinajstić information content (AvgIpc) is 2.74. The van der Waals surface area contributed by atoms with Crippen LogP contribution in [0.5, 0.6) is 0 Å². The summed E-state index contributed by atoms with van der Waals surface area (Å²) in [6.07, 6.45) is 0.800. The summed E-state index contributed by atoms with van der Waals surface area (Å²) >= 11 is 3.16. The lowest BCUT2D eigenvalue weighted by Gasteiger charge is -2.24. The number of sulfonamides is 1. The van der Waals surface area contributed by atoms with Crippen molar-refractivity contribution in [1.29, 1.82) is 0 Å². The third-order valence-electron chi connectivity index (χ3n) is 4.73. The molecule has 3 rings (SSSR count). The lowest BCUT2D eigenvalue weighted by Crippen LogP contribution is -2.38. The molecule has 1 N–H and O–H groups in total. The molecule has 8 heteroatoms. The van der Waals surface area contributed by atoms with E-state index in [9.17, 15) is 17.6 Å². The van der Waals surface area contributed by atoms with Gasteiger partial charge in [-0.25, -0.2) is 12.8 Å². The third kappa shape index (κ3) is 5.51. The molecule has 0 spiro atoms. The van der Waals surface area contributed by atoms with Crippen LogP contribution in [-0.4, -0.2) is 20.9 Å². The quantitative estimate of drug-likeness (QED) is 0.475. The van der Waals surface area contributed by atoms with Crippen LogP contribution in [0, 0.1) is 12.7 Å². The Labute approximate surface area is 190 Å². The minimum absolute atomic E-state index is 0.0257. The van der Waals surface area contributed by atoms with Gasteiger partial charge in [0.05, 0.1) is 16.3 Å². The van der Waals surface area contributed by atoms with Gasteiger partial charge >= 0.3 is 0 Å².